The lowest BCUT2D eigenvalue weighted by atomic mass is 10.0. The number of fused-ring (bicyclic) bond motifs is 2. The van der Waals surface area contributed by atoms with Gasteiger partial charge in [-0.05, 0) is 44.4 Å². The number of nitrogens with zero attached hydrogens (tertiary/aromatic N) is 3. The predicted octanol–water partition coefficient (Wildman–Crippen LogP) is 4.62. The highest BCUT2D eigenvalue weighted by atomic mass is 32.1. The van der Waals surface area contributed by atoms with Crippen molar-refractivity contribution in [3.05, 3.63) is 40.8 Å². The molecular formula is C27H38N5O4S+. The number of hydrogen-bond donors (Lipinski definition) is 2. The van der Waals surface area contributed by atoms with Crippen LogP contribution < -0.4 is 10.6 Å². The van der Waals surface area contributed by atoms with E-state index in [1.54, 1.807) is 18.3 Å². The van der Waals surface area contributed by atoms with Crippen LogP contribution in [-0.2, 0) is 14.3 Å². The molecule has 2 aliphatic heterocycles. The van der Waals surface area contributed by atoms with E-state index in [4.69, 9.17) is 14.5 Å². The van der Waals surface area contributed by atoms with Gasteiger partial charge in [0.05, 0.1) is 56.8 Å². The first-order valence-electron chi connectivity index (χ1n) is 12.9. The Labute approximate surface area is 223 Å². The molecule has 2 aliphatic rings. The van der Waals surface area contributed by atoms with E-state index in [1.807, 2.05) is 32.0 Å². The molecule has 1 unspecified atom stereocenters. The first kappa shape index (κ1) is 26.9. The molecular weight excluding hydrogens is 490 g/mol. The van der Waals surface area contributed by atoms with Crippen molar-refractivity contribution in [1.29, 1.82) is 0 Å². The summed E-state index contributed by atoms with van der Waals surface area (Å²) in [6, 6.07) is 9.61. The third kappa shape index (κ3) is 6.61. The molecule has 10 heteroatoms. The molecule has 200 valence electrons. The van der Waals surface area contributed by atoms with E-state index in [1.165, 1.54) is 4.88 Å². The number of amidine groups is 1. The molecule has 1 amide bonds. The Morgan fingerprint density at radius 1 is 1.22 bits per heavy atom. The number of benzene rings is 1. The third-order valence-electron chi connectivity index (χ3n) is 6.67. The van der Waals surface area contributed by atoms with Gasteiger partial charge in [-0.15, -0.1) is 11.3 Å². The quantitative estimate of drug-likeness (QED) is 0.403. The number of piperazine rings is 1. The molecule has 0 bridgehead atoms. The number of thiophene rings is 1. The van der Waals surface area contributed by atoms with Crippen LogP contribution in [-0.4, -0.2) is 79.9 Å². The first-order chi connectivity index (χ1) is 17.7. The molecule has 4 rings (SSSR count). The van der Waals surface area contributed by atoms with Crippen LogP contribution in [0, 0.1) is 12.8 Å². The maximum absolute atomic E-state index is 12.5. The van der Waals surface area contributed by atoms with E-state index in [0.717, 1.165) is 54.0 Å². The van der Waals surface area contributed by atoms with Gasteiger partial charge in [-0.1, -0.05) is 26.0 Å². The largest absolute Gasteiger partial charge is 0.464 e. The van der Waals surface area contributed by atoms with Gasteiger partial charge >= 0.3 is 12.1 Å². The van der Waals surface area contributed by atoms with Crippen molar-refractivity contribution < 1.29 is 23.5 Å². The maximum Gasteiger partial charge on any atom is 0.412 e. The van der Waals surface area contributed by atoms with Crippen LogP contribution in [0.25, 0.3) is 0 Å². The summed E-state index contributed by atoms with van der Waals surface area (Å²) in [6.45, 7) is 11.5. The van der Waals surface area contributed by atoms with Crippen LogP contribution >= 0.6 is 11.3 Å². The Balaban J connectivity index is 1.38. The Morgan fingerprint density at radius 3 is 2.65 bits per heavy atom. The van der Waals surface area contributed by atoms with Crippen molar-refractivity contribution in [2.75, 3.05) is 51.9 Å². The van der Waals surface area contributed by atoms with Crippen LogP contribution in [0.5, 0.6) is 0 Å². The molecule has 2 N–H and O–H groups in total. The second-order valence-electron chi connectivity index (χ2n) is 10.4. The first-order valence-corrected chi connectivity index (χ1v) is 13.7. The zero-order valence-corrected chi connectivity index (χ0v) is 23.2. The summed E-state index contributed by atoms with van der Waals surface area (Å²) in [7, 11) is 2.09. The number of alkyl carbamates (subject to hydrolysis) is 1. The topological polar surface area (TPSA) is 92.3 Å². The van der Waals surface area contributed by atoms with Gasteiger partial charge in [0.1, 0.15) is 16.9 Å². The summed E-state index contributed by atoms with van der Waals surface area (Å²) >= 11 is 1.74. The molecule has 9 nitrogen and oxygen atoms in total. The number of aryl methyl sites for hydroxylation is 1. The number of rotatable bonds is 7. The molecule has 37 heavy (non-hydrogen) atoms. The molecule has 0 aliphatic carbocycles. The number of carbonyl (C=O) groups excluding carboxylic acids is 2. The van der Waals surface area contributed by atoms with Crippen molar-refractivity contribution >= 4 is 45.6 Å². The van der Waals surface area contributed by atoms with Gasteiger partial charge in [-0.3, -0.25) is 4.48 Å². The Hall–Kier alpha value is -3.11. The Bertz CT molecular complexity index is 1150. The van der Waals surface area contributed by atoms with Gasteiger partial charge < -0.3 is 25.0 Å². The van der Waals surface area contributed by atoms with Crippen molar-refractivity contribution in [1.82, 2.24) is 10.2 Å². The normalized spacial score (nSPS) is 17.0. The molecule has 0 spiro atoms. The minimum absolute atomic E-state index is 0.230. The number of aliphatic imine (C=N–C) groups is 1. The fourth-order valence-corrected chi connectivity index (χ4v) is 5.52. The fourth-order valence-electron chi connectivity index (χ4n) is 4.60. The Kier molecular flexibility index (Phi) is 8.39. The fraction of sp³-hybridized carbons (Fsp3) is 0.519. The third-order valence-corrected chi connectivity index (χ3v) is 7.64. The number of anilines is 2. The summed E-state index contributed by atoms with van der Waals surface area (Å²) in [4.78, 5) is 33.4. The number of esters is 1. The van der Waals surface area contributed by atoms with Gasteiger partial charge in [0.15, 0.2) is 0 Å². The summed E-state index contributed by atoms with van der Waals surface area (Å²) in [6.07, 6.45) is -0.0891. The van der Waals surface area contributed by atoms with E-state index in [2.05, 4.69) is 41.6 Å². The summed E-state index contributed by atoms with van der Waals surface area (Å²) in [5.41, 5.74) is 3.07. The average Bonchev–Trinajstić information content (AvgIpc) is 3.14. The number of quaternary nitrogens is 1. The number of hydrogen-bond acceptors (Lipinski definition) is 8. The minimum Gasteiger partial charge on any atom is -0.464 e. The van der Waals surface area contributed by atoms with Crippen LogP contribution in [0.1, 0.15) is 37.6 Å². The monoisotopic (exact) mass is 528 g/mol. The second kappa shape index (κ2) is 11.5. The lowest BCUT2D eigenvalue weighted by molar-refractivity contribution is -0.928. The highest BCUT2D eigenvalue weighted by molar-refractivity contribution is 7.16. The van der Waals surface area contributed by atoms with Crippen LogP contribution in [0.15, 0.2) is 35.3 Å². The summed E-state index contributed by atoms with van der Waals surface area (Å²) < 4.78 is 11.3. The molecule has 1 fully saturated rings. The average molecular weight is 529 g/mol. The Morgan fingerprint density at radius 2 is 1.95 bits per heavy atom. The smallest absolute Gasteiger partial charge is 0.412 e. The number of para-hydroxylation sites is 2. The minimum atomic E-state index is -0.706. The SMILES string of the molecule is CCOC(=O)C(CC(C)C)NC(=O)OC[N+]1(C)CCN(C2=Nc3ccccc3Nc3sc(C)cc32)CC1. The zero-order chi connectivity index (χ0) is 26.6. The van der Waals surface area contributed by atoms with E-state index >= 15 is 0 Å². The van der Waals surface area contributed by atoms with E-state index in [9.17, 15) is 9.59 Å². The van der Waals surface area contributed by atoms with Crippen molar-refractivity contribution in [2.45, 2.75) is 40.2 Å². The molecule has 0 radical (unpaired) electrons. The number of nitrogens with one attached hydrogen (secondary N) is 2. The number of amides is 1. The molecule has 1 aromatic heterocycles. The van der Waals surface area contributed by atoms with Crippen molar-refractivity contribution in [3.8, 4) is 0 Å². The van der Waals surface area contributed by atoms with Gasteiger partial charge in [0.25, 0.3) is 0 Å². The van der Waals surface area contributed by atoms with Crippen LogP contribution in [0.4, 0.5) is 21.2 Å². The van der Waals surface area contributed by atoms with Gasteiger partial charge in [-0.25, -0.2) is 14.6 Å². The van der Waals surface area contributed by atoms with E-state index in [-0.39, 0.29) is 19.3 Å². The number of carbonyl (C=O) groups is 2. The van der Waals surface area contributed by atoms with Gasteiger partial charge in [0, 0.05) is 4.88 Å². The molecule has 3 heterocycles. The summed E-state index contributed by atoms with van der Waals surface area (Å²) in [5, 5.41) is 7.37. The zero-order valence-electron chi connectivity index (χ0n) is 22.4. The molecule has 1 saturated heterocycles. The highest BCUT2D eigenvalue weighted by Gasteiger charge is 2.34. The van der Waals surface area contributed by atoms with Crippen molar-refractivity contribution in [3.63, 3.8) is 0 Å². The van der Waals surface area contributed by atoms with E-state index in [0.29, 0.717) is 10.9 Å². The van der Waals surface area contributed by atoms with Crippen molar-refractivity contribution in [2.24, 2.45) is 10.9 Å². The van der Waals surface area contributed by atoms with E-state index < -0.39 is 18.1 Å². The standard InChI is InChI=1S/C27H37N5O4S/c1-6-35-26(33)23(15-18(2)3)30-27(34)36-17-32(5)13-11-31(12-14-32)24-20-16-19(4)37-25(20)29-22-10-8-7-9-21(22)28-24/h7-10,16,18,23H,6,11-15,17H2,1-5H3,(H-,28,29,30,34)/p+1. The lowest BCUT2D eigenvalue weighted by Gasteiger charge is -2.42. The van der Waals surface area contributed by atoms with Crippen LogP contribution in [0.2, 0.25) is 0 Å². The number of likely N-dealkylation sites (N-methyl/N-ethyl adjacent to an activating group) is 1. The molecule has 1 aromatic carbocycles. The molecule has 2 aromatic rings. The number of ether oxygens (including phenoxy) is 2. The second-order valence-corrected chi connectivity index (χ2v) is 11.6. The van der Waals surface area contributed by atoms with Gasteiger partial charge in [-0.2, -0.15) is 0 Å². The maximum atomic E-state index is 12.5. The van der Waals surface area contributed by atoms with Crippen LogP contribution in [0.3, 0.4) is 0 Å². The lowest BCUT2D eigenvalue weighted by Crippen LogP contribution is -2.59. The molecule has 1 atom stereocenters. The highest BCUT2D eigenvalue weighted by Crippen LogP contribution is 2.39. The summed E-state index contributed by atoms with van der Waals surface area (Å²) in [5.74, 6) is 0.784. The van der Waals surface area contributed by atoms with Gasteiger partial charge in [0.2, 0.25) is 6.73 Å². The molecule has 0 saturated carbocycles. The predicted molar refractivity (Wildman–Crippen MR) is 147 cm³/mol.